The standard InChI is InChI=1S/C57H43N3/c1-35-15-7-13-23-50(35)60-51-24-14-12-22-44(51)45-28-27-41(34-52(45)60)53-54(46-29-26-40-31-37-18-8-9-19-38(37)32-48(40)43-21-11-10-20-42(43)46)59-56-55(58-53)47-30-25-39(33-49(47)57(56,2)3)36-16-5-4-6-17-36/h4-25,27-35,50H,26H2,1-3H3. The minimum Gasteiger partial charge on any atom is -0.333 e. The summed E-state index contributed by atoms with van der Waals surface area (Å²) in [6.45, 7) is 6.96. The van der Waals surface area contributed by atoms with Crippen LogP contribution in [0.3, 0.4) is 0 Å². The third-order valence-corrected chi connectivity index (χ3v) is 13.5. The summed E-state index contributed by atoms with van der Waals surface area (Å²) >= 11 is 0. The van der Waals surface area contributed by atoms with Gasteiger partial charge < -0.3 is 4.57 Å². The molecule has 0 bridgehead atoms. The number of para-hydroxylation sites is 1. The Hall–Kier alpha value is -7.10. The van der Waals surface area contributed by atoms with Crippen molar-refractivity contribution in [1.29, 1.82) is 0 Å². The van der Waals surface area contributed by atoms with E-state index in [-0.39, 0.29) is 11.5 Å². The molecule has 0 N–H and O–H groups in total. The molecular weight excluding hydrogens is 727 g/mol. The molecule has 0 saturated carbocycles. The zero-order valence-electron chi connectivity index (χ0n) is 34.0. The Kier molecular flexibility index (Phi) is 7.68. The molecule has 3 heteroatoms. The lowest BCUT2D eigenvalue weighted by molar-refractivity contribution is 0.510. The lowest BCUT2D eigenvalue weighted by Crippen LogP contribution is -2.18. The lowest BCUT2D eigenvalue weighted by Gasteiger charge is -2.25. The van der Waals surface area contributed by atoms with E-state index in [9.17, 15) is 0 Å². The van der Waals surface area contributed by atoms with Gasteiger partial charge in [-0.25, -0.2) is 9.97 Å². The number of aromatic nitrogens is 3. The number of benzene rings is 7. The molecule has 9 aromatic rings. The fraction of sp³-hybridized carbons (Fsp3) is 0.123. The van der Waals surface area contributed by atoms with Crippen LogP contribution in [0.1, 0.15) is 54.9 Å². The van der Waals surface area contributed by atoms with Crippen molar-refractivity contribution in [3.63, 3.8) is 0 Å². The monoisotopic (exact) mass is 769 g/mol. The summed E-state index contributed by atoms with van der Waals surface area (Å²) in [5.41, 5.74) is 18.0. The molecule has 2 atom stereocenters. The quantitative estimate of drug-likeness (QED) is 0.178. The first-order valence-electron chi connectivity index (χ1n) is 21.3. The molecule has 0 aliphatic heterocycles. The van der Waals surface area contributed by atoms with Gasteiger partial charge in [0.2, 0.25) is 0 Å². The maximum atomic E-state index is 5.87. The molecule has 3 aliphatic rings. The molecule has 12 rings (SSSR count). The van der Waals surface area contributed by atoms with E-state index in [0.29, 0.717) is 5.92 Å². The van der Waals surface area contributed by atoms with Crippen molar-refractivity contribution in [3.05, 3.63) is 210 Å². The molecular formula is C57H43N3. The Morgan fingerprint density at radius 2 is 1.25 bits per heavy atom. The van der Waals surface area contributed by atoms with Gasteiger partial charge in [0.25, 0.3) is 0 Å². The topological polar surface area (TPSA) is 30.7 Å². The Labute approximate surface area is 350 Å². The van der Waals surface area contributed by atoms with Gasteiger partial charge in [-0.3, -0.25) is 0 Å². The van der Waals surface area contributed by atoms with Crippen LogP contribution < -0.4 is 0 Å². The van der Waals surface area contributed by atoms with Crippen LogP contribution in [0.2, 0.25) is 0 Å². The average molecular weight is 770 g/mol. The highest BCUT2D eigenvalue weighted by Crippen LogP contribution is 2.51. The van der Waals surface area contributed by atoms with Crippen LogP contribution in [-0.4, -0.2) is 14.5 Å². The highest BCUT2D eigenvalue weighted by molar-refractivity contribution is 6.09. The molecule has 0 radical (unpaired) electrons. The first-order chi connectivity index (χ1) is 29.4. The van der Waals surface area contributed by atoms with Crippen molar-refractivity contribution < 1.29 is 0 Å². The van der Waals surface area contributed by atoms with Gasteiger partial charge in [0.1, 0.15) is 0 Å². The van der Waals surface area contributed by atoms with Gasteiger partial charge in [0, 0.05) is 38.4 Å². The van der Waals surface area contributed by atoms with E-state index in [1.807, 2.05) is 0 Å². The molecule has 0 saturated heterocycles. The van der Waals surface area contributed by atoms with Crippen molar-refractivity contribution in [2.24, 2.45) is 5.92 Å². The summed E-state index contributed by atoms with van der Waals surface area (Å²) in [7, 11) is 0. The van der Waals surface area contributed by atoms with Crippen molar-refractivity contribution >= 4 is 38.2 Å². The fourth-order valence-electron chi connectivity index (χ4n) is 10.4. The van der Waals surface area contributed by atoms with E-state index < -0.39 is 0 Å². The van der Waals surface area contributed by atoms with Gasteiger partial charge >= 0.3 is 0 Å². The second-order valence-corrected chi connectivity index (χ2v) is 17.3. The van der Waals surface area contributed by atoms with Crippen LogP contribution in [0, 0.1) is 5.92 Å². The second-order valence-electron chi connectivity index (χ2n) is 17.3. The maximum absolute atomic E-state index is 5.87. The van der Waals surface area contributed by atoms with Crippen LogP contribution in [-0.2, 0) is 11.8 Å². The molecule has 0 spiro atoms. The molecule has 0 fully saturated rings. The van der Waals surface area contributed by atoms with Crippen molar-refractivity contribution in [2.75, 3.05) is 0 Å². The number of rotatable bonds is 4. The summed E-state index contributed by atoms with van der Waals surface area (Å²) in [6.07, 6.45) is 12.2. The molecule has 60 heavy (non-hydrogen) atoms. The van der Waals surface area contributed by atoms with E-state index >= 15 is 0 Å². The van der Waals surface area contributed by atoms with E-state index in [4.69, 9.17) is 9.97 Å². The number of allylic oxidation sites excluding steroid dienone is 5. The lowest BCUT2D eigenvalue weighted by atomic mass is 9.83. The second kappa shape index (κ2) is 13.2. The van der Waals surface area contributed by atoms with Gasteiger partial charge in [0.05, 0.1) is 34.3 Å². The van der Waals surface area contributed by atoms with Gasteiger partial charge in [-0.1, -0.05) is 179 Å². The zero-order valence-corrected chi connectivity index (χ0v) is 34.0. The highest BCUT2D eigenvalue weighted by Gasteiger charge is 2.40. The summed E-state index contributed by atoms with van der Waals surface area (Å²) in [5.74, 6) is 0.346. The van der Waals surface area contributed by atoms with Gasteiger partial charge in [-0.05, 0) is 86.3 Å². The predicted molar refractivity (Wildman–Crippen MR) is 250 cm³/mol. The van der Waals surface area contributed by atoms with Crippen molar-refractivity contribution in [2.45, 2.75) is 38.6 Å². The molecule has 3 nitrogen and oxygen atoms in total. The predicted octanol–water partition coefficient (Wildman–Crippen LogP) is 14.3. The smallest absolute Gasteiger partial charge is 0.0973 e. The normalized spacial score (nSPS) is 17.3. The first kappa shape index (κ1) is 34.9. The largest absolute Gasteiger partial charge is 0.333 e. The summed E-state index contributed by atoms with van der Waals surface area (Å²) in [6, 6.07) is 56.0. The van der Waals surface area contributed by atoms with Gasteiger partial charge in [-0.15, -0.1) is 0 Å². The molecule has 2 unspecified atom stereocenters. The highest BCUT2D eigenvalue weighted by atomic mass is 15.0. The van der Waals surface area contributed by atoms with E-state index in [0.717, 1.165) is 45.9 Å². The Morgan fingerprint density at radius 1 is 0.533 bits per heavy atom. The third-order valence-electron chi connectivity index (χ3n) is 13.5. The molecule has 286 valence electrons. The van der Waals surface area contributed by atoms with Crippen LogP contribution in [0.4, 0.5) is 0 Å². The Balaban J connectivity index is 1.12. The number of fused-ring (bicyclic) bond motifs is 10. The Bertz CT molecular complexity index is 3340. The SMILES string of the molecule is CC1C=CC=CC1n1c2ccccc2c2ccc(-c3nc4c(nc3C3=CCc5cc6ccccc6cc5-c5ccccc53)C(C)(C)c3cc(-c5ccccc5)ccc3-4)cc21. The minimum absolute atomic E-state index is 0.190. The van der Waals surface area contributed by atoms with Crippen LogP contribution in [0.25, 0.3) is 82.9 Å². The van der Waals surface area contributed by atoms with E-state index in [1.54, 1.807) is 0 Å². The van der Waals surface area contributed by atoms with Crippen molar-refractivity contribution in [3.8, 4) is 44.8 Å². The van der Waals surface area contributed by atoms with E-state index in [2.05, 4.69) is 207 Å². The Morgan fingerprint density at radius 3 is 2.10 bits per heavy atom. The number of nitrogens with zero attached hydrogens (tertiary/aromatic N) is 3. The third kappa shape index (κ3) is 5.21. The van der Waals surface area contributed by atoms with Crippen molar-refractivity contribution in [1.82, 2.24) is 14.5 Å². The molecule has 2 heterocycles. The number of hydrogen-bond acceptors (Lipinski definition) is 2. The molecule has 0 amide bonds. The summed E-state index contributed by atoms with van der Waals surface area (Å²) in [4.78, 5) is 11.7. The zero-order chi connectivity index (χ0) is 40.1. The molecule has 3 aliphatic carbocycles. The van der Waals surface area contributed by atoms with Gasteiger partial charge in [-0.2, -0.15) is 0 Å². The molecule has 2 aromatic heterocycles. The van der Waals surface area contributed by atoms with E-state index in [1.165, 1.54) is 71.5 Å². The molecule has 7 aromatic carbocycles. The fourth-order valence-corrected chi connectivity index (χ4v) is 10.4. The van der Waals surface area contributed by atoms with Crippen LogP contribution in [0.15, 0.2) is 182 Å². The average Bonchev–Trinajstić information content (AvgIpc) is 3.66. The van der Waals surface area contributed by atoms with Crippen LogP contribution >= 0.6 is 0 Å². The van der Waals surface area contributed by atoms with Gasteiger partial charge in [0.15, 0.2) is 0 Å². The minimum atomic E-state index is -0.366. The van der Waals surface area contributed by atoms with Crippen LogP contribution in [0.5, 0.6) is 0 Å². The summed E-state index contributed by atoms with van der Waals surface area (Å²) < 4.78 is 2.55. The maximum Gasteiger partial charge on any atom is 0.0973 e. The first-order valence-corrected chi connectivity index (χ1v) is 21.3. The summed E-state index contributed by atoms with van der Waals surface area (Å²) in [5, 5.41) is 5.04. The number of hydrogen-bond donors (Lipinski definition) is 0.